The molecule has 0 amide bonds. The van der Waals surface area contributed by atoms with E-state index in [1.54, 1.807) is 30.3 Å². The van der Waals surface area contributed by atoms with Crippen LogP contribution in [0.3, 0.4) is 0 Å². The van der Waals surface area contributed by atoms with Crippen molar-refractivity contribution in [2.45, 2.75) is 33.8 Å². The second-order valence-corrected chi connectivity index (χ2v) is 8.48. The molecule has 6 nitrogen and oxygen atoms in total. The molecule has 0 unspecified atom stereocenters. The van der Waals surface area contributed by atoms with Crippen LogP contribution in [0.5, 0.6) is 0 Å². The number of esters is 1. The summed E-state index contributed by atoms with van der Waals surface area (Å²) in [6, 6.07) is 12.6. The number of sulfonamides is 1. The molecule has 7 heteroatoms. The van der Waals surface area contributed by atoms with E-state index in [1.807, 2.05) is 32.9 Å². The quantitative estimate of drug-likeness (QED) is 0.528. The van der Waals surface area contributed by atoms with Gasteiger partial charge in [-0.3, -0.25) is 9.59 Å². The Morgan fingerprint density at radius 3 is 2.31 bits per heavy atom. The Balaban J connectivity index is 1.94. The zero-order valence-corrected chi connectivity index (χ0v) is 17.7. The lowest BCUT2D eigenvalue weighted by Crippen LogP contribution is -2.33. The highest BCUT2D eigenvalue weighted by atomic mass is 32.2. The molecule has 1 N–H and O–H groups in total. The summed E-state index contributed by atoms with van der Waals surface area (Å²) in [6.07, 6.45) is 0.398. The van der Waals surface area contributed by atoms with Crippen molar-refractivity contribution in [2.24, 2.45) is 0 Å². The predicted molar refractivity (Wildman–Crippen MR) is 113 cm³/mol. The molecule has 0 saturated carbocycles. The molecule has 0 aromatic heterocycles. The Hall–Kier alpha value is -2.77. The van der Waals surface area contributed by atoms with Crippen LogP contribution in [-0.2, 0) is 19.6 Å². The van der Waals surface area contributed by atoms with Gasteiger partial charge in [-0.05, 0) is 62.1 Å². The van der Waals surface area contributed by atoms with Crippen molar-refractivity contribution < 1.29 is 22.7 Å². The van der Waals surface area contributed by atoms with E-state index in [9.17, 15) is 18.0 Å². The van der Waals surface area contributed by atoms with E-state index in [-0.39, 0.29) is 5.78 Å². The molecule has 1 atom stereocenters. The van der Waals surface area contributed by atoms with Crippen molar-refractivity contribution in [2.75, 3.05) is 6.54 Å². The first-order valence-corrected chi connectivity index (χ1v) is 10.7. The summed E-state index contributed by atoms with van der Waals surface area (Å²) in [7, 11) is -3.82. The maximum absolute atomic E-state index is 12.6. The lowest BCUT2D eigenvalue weighted by molar-refractivity contribution is -0.144. The molecule has 0 fully saturated rings. The summed E-state index contributed by atoms with van der Waals surface area (Å²) in [5, 5.41) is 0.975. The number of rotatable bonds is 8. The van der Waals surface area contributed by atoms with Crippen LogP contribution in [0.25, 0.3) is 6.08 Å². The molecule has 2 rings (SSSR count). The molecular weight excluding hydrogens is 390 g/mol. The lowest BCUT2D eigenvalue weighted by Gasteiger charge is -2.15. The summed E-state index contributed by atoms with van der Waals surface area (Å²) >= 11 is 0. The second kappa shape index (κ2) is 9.62. The number of Topliss-reactive ketones (excluding diaryl/α,β-unsaturated/α-hetero) is 1. The first kappa shape index (κ1) is 22.5. The van der Waals surface area contributed by atoms with Gasteiger partial charge in [0.05, 0.1) is 0 Å². The van der Waals surface area contributed by atoms with Crippen LogP contribution in [0.2, 0.25) is 0 Å². The van der Waals surface area contributed by atoms with E-state index < -0.39 is 28.6 Å². The molecule has 154 valence electrons. The highest BCUT2D eigenvalue weighted by Crippen LogP contribution is 2.18. The number of carbonyl (C=O) groups excluding carboxylic acids is 2. The predicted octanol–water partition coefficient (Wildman–Crippen LogP) is 3.32. The zero-order chi connectivity index (χ0) is 21.6. The fourth-order valence-corrected chi connectivity index (χ4v) is 3.43. The van der Waals surface area contributed by atoms with Crippen LogP contribution < -0.4 is 4.72 Å². The summed E-state index contributed by atoms with van der Waals surface area (Å²) in [6.45, 7) is 6.59. The summed E-state index contributed by atoms with van der Waals surface area (Å²) < 4.78 is 31.2. The number of hydrogen-bond acceptors (Lipinski definition) is 5. The van der Waals surface area contributed by atoms with Gasteiger partial charge in [-0.15, -0.1) is 0 Å². The van der Waals surface area contributed by atoms with Crippen LogP contribution in [-0.4, -0.2) is 32.8 Å². The van der Waals surface area contributed by atoms with E-state index in [0.717, 1.165) is 22.1 Å². The molecule has 0 spiro atoms. The van der Waals surface area contributed by atoms with Crippen LogP contribution in [0, 0.1) is 20.8 Å². The van der Waals surface area contributed by atoms with Crippen LogP contribution >= 0.6 is 0 Å². The number of hydrogen-bond donors (Lipinski definition) is 1. The van der Waals surface area contributed by atoms with Crippen molar-refractivity contribution in [3.8, 4) is 0 Å². The van der Waals surface area contributed by atoms with Gasteiger partial charge in [-0.2, -0.15) is 0 Å². The molecule has 0 heterocycles. The first-order chi connectivity index (χ1) is 13.6. The van der Waals surface area contributed by atoms with Gasteiger partial charge >= 0.3 is 5.97 Å². The average molecular weight is 416 g/mol. The molecule has 0 saturated heterocycles. The highest BCUT2D eigenvalue weighted by Gasteiger charge is 2.22. The third-order valence-electron chi connectivity index (χ3n) is 4.44. The second-order valence-electron chi connectivity index (χ2n) is 6.83. The molecule has 0 bridgehead atoms. The van der Waals surface area contributed by atoms with Crippen molar-refractivity contribution in [1.82, 2.24) is 4.72 Å². The summed E-state index contributed by atoms with van der Waals surface area (Å²) in [5.41, 5.74) is 4.04. The largest absolute Gasteiger partial charge is 0.453 e. The lowest BCUT2D eigenvalue weighted by atomic mass is 9.96. The molecule has 0 aliphatic heterocycles. The molecule has 0 aliphatic rings. The van der Waals surface area contributed by atoms with Crippen molar-refractivity contribution in [3.63, 3.8) is 0 Å². The first-order valence-electron chi connectivity index (χ1n) is 9.13. The van der Waals surface area contributed by atoms with Gasteiger partial charge in [0.15, 0.2) is 6.10 Å². The molecule has 2 aromatic carbocycles. The van der Waals surface area contributed by atoms with Gasteiger partial charge in [0, 0.05) is 11.0 Å². The molecule has 2 aromatic rings. The minimum absolute atomic E-state index is 0.328. The van der Waals surface area contributed by atoms with E-state index in [0.29, 0.717) is 11.1 Å². The van der Waals surface area contributed by atoms with Crippen molar-refractivity contribution >= 4 is 27.9 Å². The van der Waals surface area contributed by atoms with E-state index in [4.69, 9.17) is 4.74 Å². The van der Waals surface area contributed by atoms with Gasteiger partial charge in [-0.25, -0.2) is 13.1 Å². The Morgan fingerprint density at radius 1 is 1.03 bits per heavy atom. The van der Waals surface area contributed by atoms with Gasteiger partial charge in [0.25, 0.3) is 0 Å². The van der Waals surface area contributed by atoms with Crippen molar-refractivity contribution in [1.29, 1.82) is 0 Å². The fraction of sp³-hybridized carbons (Fsp3) is 0.273. The number of ketones is 1. The van der Waals surface area contributed by atoms with E-state index >= 15 is 0 Å². The monoisotopic (exact) mass is 415 g/mol. The third-order valence-corrected chi connectivity index (χ3v) is 5.48. The molecular formula is C22H25NO5S. The maximum atomic E-state index is 12.6. The normalized spacial score (nSPS) is 12.7. The standard InChI is InChI=1S/C22H25NO5S/c1-15-12-17(3)20(13-16(15)2)22(25)18(4)28-21(24)14-23-29(26,27)11-10-19-8-6-5-7-9-19/h5-13,18,23H,14H2,1-4H3/b11-10+/t18-/m1/s1. The van der Waals surface area contributed by atoms with Crippen LogP contribution in [0.1, 0.15) is 39.5 Å². The molecule has 29 heavy (non-hydrogen) atoms. The highest BCUT2D eigenvalue weighted by molar-refractivity contribution is 7.92. The van der Waals surface area contributed by atoms with Gasteiger partial charge < -0.3 is 4.74 Å². The third kappa shape index (κ3) is 6.66. The summed E-state index contributed by atoms with van der Waals surface area (Å²) in [5.74, 6) is -1.16. The minimum Gasteiger partial charge on any atom is -0.453 e. The Bertz CT molecular complexity index is 1030. The van der Waals surface area contributed by atoms with Gasteiger partial charge in [-0.1, -0.05) is 36.4 Å². The van der Waals surface area contributed by atoms with Crippen molar-refractivity contribution in [3.05, 3.63) is 75.7 Å². The maximum Gasteiger partial charge on any atom is 0.321 e. The van der Waals surface area contributed by atoms with Gasteiger partial charge in [0.1, 0.15) is 6.54 Å². The number of benzene rings is 2. The number of aryl methyl sites for hydroxylation is 3. The fourth-order valence-electron chi connectivity index (χ4n) is 2.68. The SMILES string of the molecule is Cc1cc(C)c(C(=O)[C@@H](C)OC(=O)CNS(=O)(=O)/C=C/c2ccccc2)cc1C. The average Bonchev–Trinajstić information content (AvgIpc) is 2.68. The minimum atomic E-state index is -3.82. The Kier molecular flexibility index (Phi) is 7.47. The number of carbonyl (C=O) groups is 2. The van der Waals surface area contributed by atoms with E-state index in [1.165, 1.54) is 13.0 Å². The number of ether oxygens (including phenoxy) is 1. The topological polar surface area (TPSA) is 89.5 Å². The van der Waals surface area contributed by atoms with Gasteiger partial charge in [0.2, 0.25) is 15.8 Å². The number of nitrogens with one attached hydrogen (secondary N) is 1. The van der Waals surface area contributed by atoms with Crippen LogP contribution in [0.4, 0.5) is 0 Å². The summed E-state index contributed by atoms with van der Waals surface area (Å²) in [4.78, 5) is 24.6. The Labute approximate surface area is 171 Å². The van der Waals surface area contributed by atoms with Crippen LogP contribution in [0.15, 0.2) is 47.9 Å². The Morgan fingerprint density at radius 2 is 1.66 bits per heavy atom. The molecule has 0 aliphatic carbocycles. The molecule has 0 radical (unpaired) electrons. The smallest absolute Gasteiger partial charge is 0.321 e. The zero-order valence-electron chi connectivity index (χ0n) is 16.9. The van der Waals surface area contributed by atoms with E-state index in [2.05, 4.69) is 4.72 Å².